The second-order valence-electron chi connectivity index (χ2n) is 6.54. The smallest absolute Gasteiger partial charge is 0.253 e. The van der Waals surface area contributed by atoms with Gasteiger partial charge in [0.05, 0.1) is 18.7 Å². The van der Waals surface area contributed by atoms with Gasteiger partial charge in [0.1, 0.15) is 19.0 Å². The van der Waals surface area contributed by atoms with Crippen molar-refractivity contribution in [2.24, 2.45) is 5.92 Å². The third-order valence-corrected chi connectivity index (χ3v) is 5.42. The normalized spacial score (nSPS) is 16.7. The molecule has 2 aromatic carbocycles. The topological polar surface area (TPSA) is 56.8 Å². The van der Waals surface area contributed by atoms with E-state index in [0.717, 1.165) is 34.4 Å². The summed E-state index contributed by atoms with van der Waals surface area (Å²) in [4.78, 5) is 12.9. The van der Waals surface area contributed by atoms with Gasteiger partial charge in [-0.3, -0.25) is 4.79 Å². The van der Waals surface area contributed by atoms with Crippen LogP contribution >= 0.6 is 15.9 Å². The molecule has 0 bridgehead atoms. The molecular weight excluding hydrogens is 398 g/mol. The molecule has 5 nitrogen and oxygen atoms in total. The zero-order valence-corrected chi connectivity index (χ0v) is 16.0. The van der Waals surface area contributed by atoms with Gasteiger partial charge in [0, 0.05) is 4.47 Å². The number of halogens is 1. The molecule has 26 heavy (non-hydrogen) atoms. The number of ether oxygens (including phenoxy) is 3. The van der Waals surface area contributed by atoms with Crippen molar-refractivity contribution in [1.29, 1.82) is 0 Å². The zero-order valence-electron chi connectivity index (χ0n) is 14.5. The monoisotopic (exact) mass is 417 g/mol. The van der Waals surface area contributed by atoms with Crippen LogP contribution in [0.1, 0.15) is 34.8 Å². The third-order valence-electron chi connectivity index (χ3n) is 4.72. The Bertz CT molecular complexity index is 835. The Kier molecular flexibility index (Phi) is 4.76. The van der Waals surface area contributed by atoms with Crippen molar-refractivity contribution in [2.75, 3.05) is 20.3 Å². The van der Waals surface area contributed by atoms with Crippen LogP contribution < -0.4 is 19.5 Å². The molecule has 2 aliphatic rings. The van der Waals surface area contributed by atoms with Crippen LogP contribution in [0.15, 0.2) is 40.9 Å². The minimum atomic E-state index is -0.123. The summed E-state index contributed by atoms with van der Waals surface area (Å²) in [6, 6.07) is 11.3. The number of benzene rings is 2. The third kappa shape index (κ3) is 3.51. The van der Waals surface area contributed by atoms with E-state index in [1.807, 2.05) is 30.3 Å². The first-order valence-corrected chi connectivity index (χ1v) is 9.49. The Morgan fingerprint density at radius 1 is 1.15 bits per heavy atom. The SMILES string of the molecule is COc1ccc(Br)c(C(=O)NC(c2ccc3c(c2)OCCO3)C2CC2)c1. The number of nitrogens with one attached hydrogen (secondary N) is 1. The first-order valence-electron chi connectivity index (χ1n) is 8.69. The van der Waals surface area contributed by atoms with Crippen LogP contribution in [-0.4, -0.2) is 26.2 Å². The molecule has 136 valence electrons. The number of fused-ring (bicyclic) bond motifs is 1. The fourth-order valence-electron chi connectivity index (χ4n) is 3.18. The van der Waals surface area contributed by atoms with Crippen LogP contribution in [0, 0.1) is 5.92 Å². The lowest BCUT2D eigenvalue weighted by Crippen LogP contribution is -2.30. The fraction of sp³-hybridized carbons (Fsp3) is 0.350. The number of carbonyl (C=O) groups is 1. The summed E-state index contributed by atoms with van der Waals surface area (Å²) in [5, 5.41) is 3.19. The van der Waals surface area contributed by atoms with Crippen molar-refractivity contribution >= 4 is 21.8 Å². The highest BCUT2D eigenvalue weighted by atomic mass is 79.9. The molecule has 1 unspecified atom stereocenters. The number of hydrogen-bond donors (Lipinski definition) is 1. The maximum atomic E-state index is 12.9. The van der Waals surface area contributed by atoms with Crippen LogP contribution in [-0.2, 0) is 0 Å². The van der Waals surface area contributed by atoms with E-state index in [9.17, 15) is 4.79 Å². The molecule has 0 aromatic heterocycles. The van der Waals surface area contributed by atoms with Gasteiger partial charge in [0.25, 0.3) is 5.91 Å². The molecule has 1 heterocycles. The predicted octanol–water partition coefficient (Wildman–Crippen LogP) is 4.11. The number of amides is 1. The Hall–Kier alpha value is -2.21. The highest BCUT2D eigenvalue weighted by molar-refractivity contribution is 9.10. The van der Waals surface area contributed by atoms with E-state index in [1.54, 1.807) is 13.2 Å². The van der Waals surface area contributed by atoms with Crippen molar-refractivity contribution in [3.05, 3.63) is 52.0 Å². The molecule has 0 saturated heterocycles. The van der Waals surface area contributed by atoms with Crippen LogP contribution in [0.5, 0.6) is 17.2 Å². The van der Waals surface area contributed by atoms with E-state index in [0.29, 0.717) is 30.4 Å². The van der Waals surface area contributed by atoms with Gasteiger partial charge in [0.15, 0.2) is 11.5 Å². The van der Waals surface area contributed by atoms with Gasteiger partial charge in [-0.15, -0.1) is 0 Å². The van der Waals surface area contributed by atoms with E-state index in [-0.39, 0.29) is 11.9 Å². The van der Waals surface area contributed by atoms with Crippen molar-refractivity contribution in [1.82, 2.24) is 5.32 Å². The van der Waals surface area contributed by atoms with Crippen LogP contribution in [0.4, 0.5) is 0 Å². The maximum absolute atomic E-state index is 12.9. The molecule has 1 atom stereocenters. The molecule has 4 rings (SSSR count). The summed E-state index contributed by atoms with van der Waals surface area (Å²) in [6.45, 7) is 1.12. The quantitative estimate of drug-likeness (QED) is 0.794. The molecule has 1 aliphatic carbocycles. The number of hydrogen-bond acceptors (Lipinski definition) is 4. The average Bonchev–Trinajstić information content (AvgIpc) is 3.51. The standard InChI is InChI=1S/C20H20BrNO4/c1-24-14-5-6-16(21)15(11-14)20(23)22-19(12-2-3-12)13-4-7-17-18(10-13)26-9-8-25-17/h4-7,10-12,19H,2-3,8-9H2,1H3,(H,22,23). The van der Waals surface area contributed by atoms with Gasteiger partial charge in [0.2, 0.25) is 0 Å². The summed E-state index contributed by atoms with van der Waals surface area (Å²) in [5.41, 5.74) is 1.61. The Labute approximate surface area is 160 Å². The molecule has 6 heteroatoms. The zero-order chi connectivity index (χ0) is 18.1. The fourth-order valence-corrected chi connectivity index (χ4v) is 3.61. The molecule has 0 spiro atoms. The van der Waals surface area contributed by atoms with Gasteiger partial charge in [-0.1, -0.05) is 6.07 Å². The minimum Gasteiger partial charge on any atom is -0.497 e. The summed E-state index contributed by atoms with van der Waals surface area (Å²) in [7, 11) is 1.59. The van der Waals surface area contributed by atoms with Crippen LogP contribution in [0.2, 0.25) is 0 Å². The summed E-state index contributed by atoms with van der Waals surface area (Å²) in [5.74, 6) is 2.49. The lowest BCUT2D eigenvalue weighted by Gasteiger charge is -2.23. The van der Waals surface area contributed by atoms with Crippen molar-refractivity contribution in [3.8, 4) is 17.2 Å². The lowest BCUT2D eigenvalue weighted by molar-refractivity contribution is 0.0930. The first-order chi connectivity index (χ1) is 12.7. The van der Waals surface area contributed by atoms with E-state index in [4.69, 9.17) is 14.2 Å². The van der Waals surface area contributed by atoms with E-state index >= 15 is 0 Å². The lowest BCUT2D eigenvalue weighted by atomic mass is 10.0. The van der Waals surface area contributed by atoms with Gasteiger partial charge in [-0.05, 0) is 70.6 Å². The van der Waals surface area contributed by atoms with Crippen molar-refractivity contribution < 1.29 is 19.0 Å². The van der Waals surface area contributed by atoms with E-state index in [2.05, 4.69) is 21.2 Å². The molecule has 1 amide bonds. The van der Waals surface area contributed by atoms with Crippen molar-refractivity contribution in [2.45, 2.75) is 18.9 Å². The van der Waals surface area contributed by atoms with Crippen LogP contribution in [0.25, 0.3) is 0 Å². The molecular formula is C20H20BrNO4. The molecule has 2 aromatic rings. The van der Waals surface area contributed by atoms with Gasteiger partial charge in [-0.25, -0.2) is 0 Å². The summed E-state index contributed by atoms with van der Waals surface area (Å²) in [6.07, 6.45) is 2.22. The van der Waals surface area contributed by atoms with Gasteiger partial charge in [-0.2, -0.15) is 0 Å². The highest BCUT2D eigenvalue weighted by Crippen LogP contribution is 2.43. The molecule has 1 saturated carbocycles. The predicted molar refractivity (Wildman–Crippen MR) is 101 cm³/mol. The Morgan fingerprint density at radius 3 is 2.65 bits per heavy atom. The number of rotatable bonds is 5. The molecule has 1 aliphatic heterocycles. The van der Waals surface area contributed by atoms with Gasteiger partial charge < -0.3 is 19.5 Å². The minimum absolute atomic E-state index is 0.0450. The maximum Gasteiger partial charge on any atom is 0.253 e. The molecule has 0 radical (unpaired) electrons. The Morgan fingerprint density at radius 2 is 1.92 bits per heavy atom. The second kappa shape index (κ2) is 7.19. The first kappa shape index (κ1) is 17.2. The average molecular weight is 418 g/mol. The molecule has 1 N–H and O–H groups in total. The summed E-state index contributed by atoms with van der Waals surface area (Å²) < 4.78 is 17.3. The number of methoxy groups -OCH3 is 1. The largest absolute Gasteiger partial charge is 0.497 e. The van der Waals surface area contributed by atoms with Crippen LogP contribution in [0.3, 0.4) is 0 Å². The number of carbonyl (C=O) groups excluding carboxylic acids is 1. The van der Waals surface area contributed by atoms with E-state index < -0.39 is 0 Å². The molecule has 1 fully saturated rings. The van der Waals surface area contributed by atoms with E-state index in [1.165, 1.54) is 0 Å². The van der Waals surface area contributed by atoms with Crippen molar-refractivity contribution in [3.63, 3.8) is 0 Å². The second-order valence-corrected chi connectivity index (χ2v) is 7.39. The Balaban J connectivity index is 1.59. The highest BCUT2D eigenvalue weighted by Gasteiger charge is 2.34. The van der Waals surface area contributed by atoms with Gasteiger partial charge >= 0.3 is 0 Å². The summed E-state index contributed by atoms with van der Waals surface area (Å²) >= 11 is 3.46.